The van der Waals surface area contributed by atoms with Gasteiger partial charge in [-0.05, 0) is 73.3 Å². The number of nitrogens with zero attached hydrogens (tertiary/aromatic N) is 1. The molecule has 138 valence electrons. The monoisotopic (exact) mass is 423 g/mol. The molecule has 2 aliphatic carbocycles. The van der Waals surface area contributed by atoms with Crippen LogP contribution >= 0.6 is 15.9 Å². The molecule has 2 aromatic rings. The second-order valence-electron chi connectivity index (χ2n) is 8.29. The van der Waals surface area contributed by atoms with Crippen molar-refractivity contribution in [1.82, 2.24) is 0 Å². The molecule has 2 saturated carbocycles. The molecule has 3 aliphatic rings. The van der Waals surface area contributed by atoms with E-state index in [1.54, 1.807) is 0 Å². The van der Waals surface area contributed by atoms with E-state index in [0.717, 1.165) is 34.1 Å². The number of hydrogen-bond donors (Lipinski definition) is 0. The number of carbonyl (C=O) groups excluding carboxylic acids is 2. The van der Waals surface area contributed by atoms with Gasteiger partial charge >= 0.3 is 0 Å². The molecule has 0 radical (unpaired) electrons. The van der Waals surface area contributed by atoms with E-state index >= 15 is 0 Å². The summed E-state index contributed by atoms with van der Waals surface area (Å²) in [5.41, 5.74) is 4.15. The molecule has 1 saturated heterocycles. The summed E-state index contributed by atoms with van der Waals surface area (Å²) in [5.74, 6) is 0.804. The van der Waals surface area contributed by atoms with Gasteiger partial charge in [0.25, 0.3) is 0 Å². The first-order valence-electron chi connectivity index (χ1n) is 9.67. The number of amides is 2. The highest BCUT2D eigenvalue weighted by molar-refractivity contribution is 9.10. The standard InChI is InChI=1S/C23H22BrNO2/c1-12-13(2)19(9-8-18(12)24)25-22(26)20-15-10-16(14-6-4-3-5-7-14)17(11-15)21(20)23(25)27/h3-9,15-17,20-21H,10-11H2,1-2H3/t15-,16+,17-,20-,21+/m1/s1. The van der Waals surface area contributed by atoms with Gasteiger partial charge in [-0.25, -0.2) is 4.90 Å². The Kier molecular flexibility index (Phi) is 3.84. The highest BCUT2D eigenvalue weighted by atomic mass is 79.9. The summed E-state index contributed by atoms with van der Waals surface area (Å²) < 4.78 is 1.01. The third-order valence-corrected chi connectivity index (χ3v) is 8.04. The lowest BCUT2D eigenvalue weighted by Gasteiger charge is -2.28. The Labute approximate surface area is 167 Å². The van der Waals surface area contributed by atoms with Crippen LogP contribution < -0.4 is 4.90 Å². The van der Waals surface area contributed by atoms with Gasteiger partial charge in [0.2, 0.25) is 11.8 Å². The molecule has 5 atom stereocenters. The Balaban J connectivity index is 1.52. The number of fused-ring (bicyclic) bond motifs is 5. The Morgan fingerprint density at radius 3 is 2.33 bits per heavy atom. The van der Waals surface area contributed by atoms with Gasteiger partial charge in [-0.1, -0.05) is 46.3 Å². The molecule has 1 heterocycles. The Bertz CT molecular complexity index is 954. The fraction of sp³-hybridized carbons (Fsp3) is 0.391. The normalized spacial score (nSPS) is 31.7. The number of halogens is 1. The third-order valence-electron chi connectivity index (χ3n) is 7.18. The minimum atomic E-state index is -0.148. The quantitative estimate of drug-likeness (QED) is 0.637. The summed E-state index contributed by atoms with van der Waals surface area (Å²) in [6.07, 6.45) is 2.04. The first-order chi connectivity index (χ1) is 13.0. The lowest BCUT2D eigenvalue weighted by Crippen LogP contribution is -2.33. The Hall–Kier alpha value is -1.94. The van der Waals surface area contributed by atoms with Gasteiger partial charge in [-0.15, -0.1) is 0 Å². The van der Waals surface area contributed by atoms with E-state index < -0.39 is 0 Å². The van der Waals surface area contributed by atoms with Crippen LogP contribution in [0.4, 0.5) is 5.69 Å². The van der Waals surface area contributed by atoms with Crippen molar-refractivity contribution in [2.45, 2.75) is 32.6 Å². The first kappa shape index (κ1) is 17.2. The van der Waals surface area contributed by atoms with Crippen molar-refractivity contribution in [3.63, 3.8) is 0 Å². The summed E-state index contributed by atoms with van der Waals surface area (Å²) in [6, 6.07) is 14.3. The van der Waals surface area contributed by atoms with Crippen LogP contribution in [0.15, 0.2) is 46.9 Å². The molecular formula is C23H22BrNO2. The van der Waals surface area contributed by atoms with Gasteiger partial charge in [0.05, 0.1) is 17.5 Å². The minimum Gasteiger partial charge on any atom is -0.274 e. The molecule has 3 fully saturated rings. The number of imide groups is 1. The predicted octanol–water partition coefficient (Wildman–Crippen LogP) is 5.00. The molecule has 5 rings (SSSR count). The van der Waals surface area contributed by atoms with Crippen molar-refractivity contribution >= 4 is 33.4 Å². The van der Waals surface area contributed by atoms with Gasteiger partial charge in [0.1, 0.15) is 0 Å². The SMILES string of the molecule is Cc1c(Br)ccc(N2C(=O)[C@@H]3[C@H]4C[C@@H]([C@@H]3C2=O)[C@H](c2ccccc2)C4)c1C. The zero-order valence-electron chi connectivity index (χ0n) is 15.5. The highest BCUT2D eigenvalue weighted by Gasteiger charge is 2.64. The molecule has 27 heavy (non-hydrogen) atoms. The van der Waals surface area contributed by atoms with E-state index in [4.69, 9.17) is 0 Å². The van der Waals surface area contributed by atoms with E-state index in [-0.39, 0.29) is 23.7 Å². The largest absolute Gasteiger partial charge is 0.274 e. The van der Waals surface area contributed by atoms with Gasteiger partial charge < -0.3 is 0 Å². The van der Waals surface area contributed by atoms with Crippen molar-refractivity contribution in [2.24, 2.45) is 23.7 Å². The van der Waals surface area contributed by atoms with Crippen molar-refractivity contribution in [3.8, 4) is 0 Å². The molecule has 0 unspecified atom stereocenters. The smallest absolute Gasteiger partial charge is 0.238 e. The molecular weight excluding hydrogens is 402 g/mol. The first-order valence-corrected chi connectivity index (χ1v) is 10.5. The molecule has 2 aromatic carbocycles. The summed E-state index contributed by atoms with van der Waals surface area (Å²) >= 11 is 3.54. The zero-order chi connectivity index (χ0) is 18.9. The molecule has 2 amide bonds. The van der Waals surface area contributed by atoms with Crippen LogP contribution in [0.25, 0.3) is 0 Å². The summed E-state index contributed by atoms with van der Waals surface area (Å²) in [7, 11) is 0. The molecule has 3 nitrogen and oxygen atoms in total. The number of hydrogen-bond acceptors (Lipinski definition) is 2. The lowest BCUT2D eigenvalue weighted by molar-refractivity contribution is -0.123. The van der Waals surface area contributed by atoms with E-state index in [0.29, 0.717) is 17.8 Å². The van der Waals surface area contributed by atoms with Crippen LogP contribution in [0.3, 0.4) is 0 Å². The van der Waals surface area contributed by atoms with Crippen molar-refractivity contribution < 1.29 is 9.59 Å². The van der Waals surface area contributed by atoms with Crippen molar-refractivity contribution in [3.05, 3.63) is 63.6 Å². The maximum atomic E-state index is 13.4. The van der Waals surface area contributed by atoms with E-state index in [1.807, 2.05) is 32.0 Å². The van der Waals surface area contributed by atoms with Crippen LogP contribution in [-0.4, -0.2) is 11.8 Å². The molecule has 0 aromatic heterocycles. The minimum absolute atomic E-state index is 0.0166. The van der Waals surface area contributed by atoms with E-state index in [9.17, 15) is 9.59 Å². The van der Waals surface area contributed by atoms with Crippen LogP contribution in [0, 0.1) is 37.5 Å². The van der Waals surface area contributed by atoms with E-state index in [1.165, 1.54) is 10.5 Å². The average Bonchev–Trinajstić information content (AvgIpc) is 3.33. The van der Waals surface area contributed by atoms with Gasteiger partial charge in [0, 0.05) is 4.47 Å². The number of carbonyl (C=O) groups is 2. The van der Waals surface area contributed by atoms with Crippen LogP contribution in [0.2, 0.25) is 0 Å². The highest BCUT2D eigenvalue weighted by Crippen LogP contribution is 2.62. The predicted molar refractivity (Wildman–Crippen MR) is 108 cm³/mol. The molecule has 4 heteroatoms. The average molecular weight is 424 g/mol. The van der Waals surface area contributed by atoms with Gasteiger partial charge in [-0.3, -0.25) is 9.59 Å². The maximum absolute atomic E-state index is 13.4. The maximum Gasteiger partial charge on any atom is 0.238 e. The molecule has 1 aliphatic heterocycles. The summed E-state index contributed by atoms with van der Waals surface area (Å²) in [5, 5.41) is 0. The van der Waals surface area contributed by atoms with E-state index in [2.05, 4.69) is 40.2 Å². The zero-order valence-corrected chi connectivity index (χ0v) is 17.1. The van der Waals surface area contributed by atoms with Crippen LogP contribution in [-0.2, 0) is 9.59 Å². The Morgan fingerprint density at radius 2 is 1.59 bits per heavy atom. The number of anilines is 1. The second-order valence-corrected chi connectivity index (χ2v) is 9.15. The van der Waals surface area contributed by atoms with Gasteiger partial charge in [0.15, 0.2) is 0 Å². The number of benzene rings is 2. The summed E-state index contributed by atoms with van der Waals surface area (Å²) in [6.45, 7) is 4.01. The third kappa shape index (κ3) is 2.32. The van der Waals surface area contributed by atoms with Crippen LogP contribution in [0.5, 0.6) is 0 Å². The van der Waals surface area contributed by atoms with Crippen molar-refractivity contribution in [2.75, 3.05) is 4.90 Å². The Morgan fingerprint density at radius 1 is 0.889 bits per heavy atom. The molecule has 2 bridgehead atoms. The second kappa shape index (κ2) is 6.03. The number of rotatable bonds is 2. The molecule has 0 N–H and O–H groups in total. The van der Waals surface area contributed by atoms with Gasteiger partial charge in [-0.2, -0.15) is 0 Å². The fourth-order valence-electron chi connectivity index (χ4n) is 5.80. The van der Waals surface area contributed by atoms with Crippen LogP contribution in [0.1, 0.15) is 35.4 Å². The fourth-order valence-corrected chi connectivity index (χ4v) is 6.23. The lowest BCUT2D eigenvalue weighted by atomic mass is 9.73. The summed E-state index contributed by atoms with van der Waals surface area (Å²) in [4.78, 5) is 28.2. The topological polar surface area (TPSA) is 37.4 Å². The van der Waals surface area contributed by atoms with Crippen molar-refractivity contribution in [1.29, 1.82) is 0 Å². The molecule has 0 spiro atoms.